The van der Waals surface area contributed by atoms with Gasteiger partial charge in [0.05, 0.1) is 62.4 Å². The molecule has 0 amide bonds. The van der Waals surface area contributed by atoms with Gasteiger partial charge in [0.1, 0.15) is 23.1 Å². The summed E-state index contributed by atoms with van der Waals surface area (Å²) >= 11 is 7.27. The average Bonchev–Trinajstić information content (AvgIpc) is 3.82. The standard InChI is InChI=1S/C24H21BrF4N2O2.C23H19BrF4N2O3/c1-2-22-8-9-23(32,24(27,28)29)12-15(22)7-10-33-21-18(22)11-14-13-30-31(20(14)19(21)25)17-5-3-16(26)4-6-17;24-17-18-12(11-29-30(18)15-3-1-14(25)2-4-15)9-16-19(17)32-8-5-13-10-21(23(26,27)28)6-7-22(13,16)20(31)33-21/h2-6,11,13,15,32H,1,7-10,12H2;1-4,9,11,13,20,31H,5-8,10H2/t15-,22-,23-;13-,20?,21-,22+/m11/s1. The van der Waals surface area contributed by atoms with Crippen LogP contribution in [0.1, 0.15) is 62.5 Å². The summed E-state index contributed by atoms with van der Waals surface area (Å²) < 4.78 is 131. The Labute approximate surface area is 388 Å². The maximum absolute atomic E-state index is 13.9. The predicted octanol–water partition coefficient (Wildman–Crippen LogP) is 11.6. The second-order valence-electron chi connectivity index (χ2n) is 17.9. The molecule has 2 saturated heterocycles. The Hall–Kier alpha value is -4.56. The number of ether oxygens (including phenoxy) is 3. The third-order valence-electron chi connectivity index (χ3n) is 14.8. The monoisotopic (exact) mass is 1050 g/mol. The van der Waals surface area contributed by atoms with Crippen molar-refractivity contribution in [2.24, 2.45) is 11.8 Å². The van der Waals surface area contributed by atoms with Crippen LogP contribution in [0.2, 0.25) is 0 Å². The first kappa shape index (κ1) is 45.2. The molecule has 2 aliphatic carbocycles. The number of aromatic nitrogens is 4. The topological polar surface area (TPSA) is 104 Å². The molecule has 6 aliphatic rings. The number of aliphatic hydroxyl groups is 2. The Bertz CT molecular complexity index is 2890. The Morgan fingerprint density at radius 2 is 1.21 bits per heavy atom. The van der Waals surface area contributed by atoms with E-state index in [0.717, 1.165) is 10.9 Å². The number of alkyl halides is 6. The van der Waals surface area contributed by atoms with Crippen molar-refractivity contribution >= 4 is 53.7 Å². The molecule has 4 fully saturated rings. The van der Waals surface area contributed by atoms with Crippen LogP contribution in [0.25, 0.3) is 33.2 Å². The van der Waals surface area contributed by atoms with Gasteiger partial charge >= 0.3 is 12.4 Å². The van der Waals surface area contributed by atoms with Gasteiger partial charge in [-0.25, -0.2) is 18.1 Å². The highest BCUT2D eigenvalue weighted by Crippen LogP contribution is 2.64. The molecular weight excluding hydrogens is 1010 g/mol. The predicted molar refractivity (Wildman–Crippen MR) is 233 cm³/mol. The van der Waals surface area contributed by atoms with Crippen molar-refractivity contribution in [3.63, 3.8) is 0 Å². The van der Waals surface area contributed by atoms with Gasteiger partial charge in [-0.1, -0.05) is 6.08 Å². The van der Waals surface area contributed by atoms with Gasteiger partial charge in [-0.2, -0.15) is 36.5 Å². The molecule has 9 nitrogen and oxygen atoms in total. The van der Waals surface area contributed by atoms with Crippen molar-refractivity contribution in [3.8, 4) is 22.9 Å². The second-order valence-corrected chi connectivity index (χ2v) is 19.5. The molecule has 2 aromatic heterocycles. The molecule has 66 heavy (non-hydrogen) atoms. The van der Waals surface area contributed by atoms with Crippen LogP contribution in [0.4, 0.5) is 35.1 Å². The van der Waals surface area contributed by atoms with Crippen LogP contribution in [0.3, 0.4) is 0 Å². The van der Waals surface area contributed by atoms with E-state index >= 15 is 0 Å². The largest absolute Gasteiger partial charge is 0.492 e. The number of hydrogen-bond donors (Lipinski definition) is 2. The van der Waals surface area contributed by atoms with Crippen LogP contribution in [-0.2, 0) is 15.6 Å². The lowest BCUT2D eigenvalue weighted by atomic mass is 9.55. The first-order chi connectivity index (χ1) is 31.3. The zero-order chi connectivity index (χ0) is 46.8. The molecule has 6 heterocycles. The van der Waals surface area contributed by atoms with Gasteiger partial charge in [-0.3, -0.25) is 0 Å². The Balaban J connectivity index is 0.000000155. The number of fused-ring (bicyclic) bond motifs is 8. The molecule has 1 unspecified atom stereocenters. The highest BCUT2D eigenvalue weighted by Gasteiger charge is 2.70. The number of halogens is 10. The summed E-state index contributed by atoms with van der Waals surface area (Å²) in [6.07, 6.45) is -6.13. The lowest BCUT2D eigenvalue weighted by Gasteiger charge is -2.59. The van der Waals surface area contributed by atoms with Gasteiger partial charge < -0.3 is 24.4 Å². The van der Waals surface area contributed by atoms with Gasteiger partial charge in [0.15, 0.2) is 17.5 Å². The fourth-order valence-corrected chi connectivity index (χ4v) is 12.7. The van der Waals surface area contributed by atoms with Crippen LogP contribution in [0.15, 0.2) is 94.7 Å². The third kappa shape index (κ3) is 6.75. The van der Waals surface area contributed by atoms with Crippen molar-refractivity contribution in [2.75, 3.05) is 13.2 Å². The summed E-state index contributed by atoms with van der Waals surface area (Å²) in [6.45, 7) is 4.41. The summed E-state index contributed by atoms with van der Waals surface area (Å²) in [5.41, 5.74) is -2.77. The van der Waals surface area contributed by atoms with E-state index in [9.17, 15) is 45.3 Å². The summed E-state index contributed by atoms with van der Waals surface area (Å²) in [6, 6.07) is 15.5. The van der Waals surface area contributed by atoms with Gasteiger partial charge in [0.2, 0.25) is 0 Å². The van der Waals surface area contributed by atoms with E-state index < -0.39 is 65.4 Å². The van der Waals surface area contributed by atoms with Gasteiger partial charge in [0.25, 0.3) is 0 Å². The Morgan fingerprint density at radius 1 is 0.697 bits per heavy atom. The van der Waals surface area contributed by atoms with E-state index in [1.165, 1.54) is 24.3 Å². The molecular formula is C47H40Br2F8N4O5. The minimum atomic E-state index is -4.70. The molecule has 2 N–H and O–H groups in total. The minimum Gasteiger partial charge on any atom is -0.492 e. The van der Waals surface area contributed by atoms with Crippen molar-refractivity contribution in [3.05, 3.63) is 117 Å². The van der Waals surface area contributed by atoms with E-state index in [4.69, 9.17) is 14.2 Å². The van der Waals surface area contributed by atoms with Crippen molar-refractivity contribution in [1.82, 2.24) is 19.6 Å². The molecule has 2 saturated carbocycles. The quantitative estimate of drug-likeness (QED) is 0.134. The zero-order valence-corrected chi connectivity index (χ0v) is 37.9. The fourth-order valence-electron chi connectivity index (χ4n) is 11.3. The van der Waals surface area contributed by atoms with E-state index in [1.807, 2.05) is 12.1 Å². The molecule has 348 valence electrons. The molecule has 19 heteroatoms. The molecule has 2 bridgehead atoms. The average molecular weight is 1050 g/mol. The minimum absolute atomic E-state index is 0.0948. The van der Waals surface area contributed by atoms with E-state index in [-0.39, 0.29) is 50.5 Å². The fraction of sp³-hybridized carbons (Fsp3) is 0.404. The van der Waals surface area contributed by atoms with Crippen LogP contribution >= 0.6 is 31.9 Å². The van der Waals surface area contributed by atoms with E-state index in [0.29, 0.717) is 66.6 Å². The lowest BCUT2D eigenvalue weighted by Crippen LogP contribution is -2.67. The van der Waals surface area contributed by atoms with Crippen molar-refractivity contribution in [2.45, 2.75) is 92.0 Å². The maximum Gasteiger partial charge on any atom is 0.417 e. The lowest BCUT2D eigenvalue weighted by molar-refractivity contribution is -0.383. The molecule has 7 atom stereocenters. The summed E-state index contributed by atoms with van der Waals surface area (Å²) in [7, 11) is 0. The van der Waals surface area contributed by atoms with Crippen molar-refractivity contribution < 1.29 is 59.5 Å². The molecule has 4 aliphatic heterocycles. The summed E-state index contributed by atoms with van der Waals surface area (Å²) in [5, 5.41) is 31.8. The molecule has 6 aromatic rings. The third-order valence-corrected chi connectivity index (χ3v) is 16.2. The number of rotatable bonds is 3. The van der Waals surface area contributed by atoms with E-state index in [1.54, 1.807) is 52.1 Å². The number of hydrogen-bond acceptors (Lipinski definition) is 7. The SMILES string of the molecule is C=C[C@@]12CC[C@](O)(C(F)(F)F)C[C@H]1CCOc1c2cc2cnn(-c3ccc(F)cc3)c2c1Br.OC1O[C@]2(C(F)(F)F)CC[C@]13c1cc4cnn(-c5ccc(F)cc5)c4c(Br)c1OCC[C@@H]3C2. The smallest absolute Gasteiger partial charge is 0.417 e. The summed E-state index contributed by atoms with van der Waals surface area (Å²) in [4.78, 5) is 0. The van der Waals surface area contributed by atoms with Crippen molar-refractivity contribution in [1.29, 1.82) is 0 Å². The normalized spacial score (nSPS) is 29.2. The molecule has 12 rings (SSSR count). The summed E-state index contributed by atoms with van der Waals surface area (Å²) in [5.74, 6) is -0.664. The number of benzene rings is 4. The zero-order valence-electron chi connectivity index (χ0n) is 34.7. The molecule has 1 spiro atoms. The van der Waals surface area contributed by atoms with Gasteiger partial charge in [0, 0.05) is 27.3 Å². The second kappa shape index (κ2) is 15.7. The maximum atomic E-state index is 13.9. The van der Waals surface area contributed by atoms with Crippen LogP contribution in [0, 0.1) is 23.5 Å². The van der Waals surface area contributed by atoms with Crippen LogP contribution in [-0.4, -0.2) is 72.8 Å². The number of aliphatic hydroxyl groups excluding tert-OH is 1. The highest BCUT2D eigenvalue weighted by atomic mass is 79.9. The van der Waals surface area contributed by atoms with Crippen LogP contribution in [0.5, 0.6) is 11.5 Å². The molecule has 4 aromatic carbocycles. The van der Waals surface area contributed by atoms with Crippen LogP contribution < -0.4 is 9.47 Å². The Kier molecular flexibility index (Phi) is 10.8. The Morgan fingerprint density at radius 3 is 1.71 bits per heavy atom. The first-order valence-electron chi connectivity index (χ1n) is 21.3. The first-order valence-corrected chi connectivity index (χ1v) is 22.9. The molecule has 0 radical (unpaired) electrons. The van der Waals surface area contributed by atoms with Gasteiger partial charge in [-0.15, -0.1) is 6.58 Å². The highest BCUT2D eigenvalue weighted by molar-refractivity contribution is 9.11. The van der Waals surface area contributed by atoms with Gasteiger partial charge in [-0.05, 0) is 156 Å². The number of allylic oxidation sites excluding steroid dienone is 1. The van der Waals surface area contributed by atoms with E-state index in [2.05, 4.69) is 48.6 Å². The number of nitrogens with zero attached hydrogens (tertiary/aromatic N) is 4.